The molecule has 1 aromatic heterocycles. The van der Waals surface area contributed by atoms with Crippen LogP contribution in [0.2, 0.25) is 0 Å². The van der Waals surface area contributed by atoms with Gasteiger partial charge in [0.2, 0.25) is 5.88 Å². The summed E-state index contributed by atoms with van der Waals surface area (Å²) >= 11 is 0. The number of halogens is 1. The third kappa shape index (κ3) is 4.57. The number of benzene rings is 1. The number of amides is 1. The third-order valence-corrected chi connectivity index (χ3v) is 5.74. The van der Waals surface area contributed by atoms with E-state index in [1.807, 2.05) is 18.2 Å². The molecule has 2 aliphatic rings. The number of aromatic nitrogens is 1. The number of hydrogen-bond donors (Lipinski definition) is 0. The van der Waals surface area contributed by atoms with Crippen LogP contribution >= 0.6 is 0 Å². The zero-order valence-electron chi connectivity index (χ0n) is 16.6. The van der Waals surface area contributed by atoms with Gasteiger partial charge in [0.15, 0.2) is 0 Å². The van der Waals surface area contributed by atoms with Crippen molar-refractivity contribution in [2.24, 2.45) is 0 Å². The lowest BCUT2D eigenvalue weighted by atomic mass is 9.92. The van der Waals surface area contributed by atoms with Crippen LogP contribution in [0.25, 0.3) is 0 Å². The van der Waals surface area contributed by atoms with Crippen molar-refractivity contribution in [1.29, 1.82) is 0 Å². The Morgan fingerprint density at radius 3 is 2.90 bits per heavy atom. The maximum Gasteiger partial charge on any atom is 0.253 e. The fourth-order valence-corrected chi connectivity index (χ4v) is 4.17. The molecular weight excluding hydrogens is 373 g/mol. The normalized spacial score (nSPS) is 23.2. The summed E-state index contributed by atoms with van der Waals surface area (Å²) in [5.41, 5.74) is 1.18. The van der Waals surface area contributed by atoms with Gasteiger partial charge in [0.1, 0.15) is 12.4 Å². The van der Waals surface area contributed by atoms with E-state index in [9.17, 15) is 9.18 Å². The number of methoxy groups -OCH3 is 1. The van der Waals surface area contributed by atoms with Crippen molar-refractivity contribution in [2.45, 2.75) is 31.4 Å². The van der Waals surface area contributed by atoms with Crippen LogP contribution in [0.5, 0.6) is 5.88 Å². The highest BCUT2D eigenvalue weighted by Gasteiger charge is 2.41. The fraction of sp³-hybridized carbons (Fsp3) is 0.455. The van der Waals surface area contributed by atoms with Gasteiger partial charge < -0.3 is 14.4 Å². The number of pyridine rings is 1. The minimum Gasteiger partial charge on any atom is -0.481 e. The van der Waals surface area contributed by atoms with E-state index in [1.165, 1.54) is 12.1 Å². The van der Waals surface area contributed by atoms with Gasteiger partial charge in [-0.15, -0.1) is 0 Å². The summed E-state index contributed by atoms with van der Waals surface area (Å²) in [4.78, 5) is 21.0. The number of nitrogens with zero attached hydrogens (tertiary/aromatic N) is 3. The van der Waals surface area contributed by atoms with Crippen LogP contribution in [0.1, 0.15) is 25.0 Å². The minimum absolute atomic E-state index is 0.0357. The van der Waals surface area contributed by atoms with E-state index in [0.717, 1.165) is 44.6 Å². The molecule has 7 heteroatoms. The summed E-state index contributed by atoms with van der Waals surface area (Å²) in [6, 6.07) is 12.0. The lowest BCUT2D eigenvalue weighted by molar-refractivity contribution is -0.140. The van der Waals surface area contributed by atoms with Gasteiger partial charge in [-0.1, -0.05) is 12.1 Å². The van der Waals surface area contributed by atoms with Gasteiger partial charge in [0, 0.05) is 24.8 Å². The standard InChI is InChI=1S/C22H26FN3O3/c1-28-20-8-3-6-18(24-20)14-25-11-4-9-22(10-12-25)16-26(21(27)15-29-22)19-7-2-5-17(23)13-19/h2-3,5-8,13H,4,9-12,14-16H2,1H3. The zero-order valence-corrected chi connectivity index (χ0v) is 16.6. The summed E-state index contributed by atoms with van der Waals surface area (Å²) in [5, 5.41) is 0. The maximum absolute atomic E-state index is 13.7. The van der Waals surface area contributed by atoms with Crippen molar-refractivity contribution in [2.75, 3.05) is 38.3 Å². The molecule has 1 unspecified atom stereocenters. The first-order valence-corrected chi connectivity index (χ1v) is 9.99. The summed E-state index contributed by atoms with van der Waals surface area (Å²) in [7, 11) is 1.62. The van der Waals surface area contributed by atoms with E-state index < -0.39 is 5.60 Å². The van der Waals surface area contributed by atoms with Crippen LogP contribution in [-0.2, 0) is 16.1 Å². The van der Waals surface area contributed by atoms with E-state index in [1.54, 1.807) is 24.1 Å². The second-order valence-corrected chi connectivity index (χ2v) is 7.73. The average molecular weight is 399 g/mol. The van der Waals surface area contributed by atoms with Gasteiger partial charge in [0.05, 0.1) is 24.9 Å². The van der Waals surface area contributed by atoms with Crippen molar-refractivity contribution >= 4 is 11.6 Å². The number of anilines is 1. The van der Waals surface area contributed by atoms with Crippen LogP contribution in [0.3, 0.4) is 0 Å². The maximum atomic E-state index is 13.7. The molecule has 6 nitrogen and oxygen atoms in total. The summed E-state index contributed by atoms with van der Waals surface area (Å²) in [5.74, 6) is 0.158. The predicted molar refractivity (Wildman–Crippen MR) is 107 cm³/mol. The highest BCUT2D eigenvalue weighted by atomic mass is 19.1. The molecule has 0 saturated carbocycles. The molecule has 0 bridgehead atoms. The van der Waals surface area contributed by atoms with Crippen molar-refractivity contribution < 1.29 is 18.7 Å². The molecule has 4 rings (SSSR count). The molecular formula is C22H26FN3O3. The molecule has 2 aliphatic heterocycles. The van der Waals surface area contributed by atoms with E-state index in [4.69, 9.17) is 9.47 Å². The average Bonchev–Trinajstić information content (AvgIpc) is 2.92. The molecule has 29 heavy (non-hydrogen) atoms. The van der Waals surface area contributed by atoms with Crippen molar-refractivity contribution in [3.8, 4) is 5.88 Å². The Balaban J connectivity index is 1.44. The summed E-state index contributed by atoms with van der Waals surface area (Å²) in [6.45, 7) is 3.04. The number of likely N-dealkylation sites (tertiary alicyclic amines) is 1. The summed E-state index contributed by atoms with van der Waals surface area (Å²) < 4.78 is 25.0. The molecule has 2 fully saturated rings. The van der Waals surface area contributed by atoms with Crippen LogP contribution in [0.15, 0.2) is 42.5 Å². The molecule has 3 heterocycles. The minimum atomic E-state index is -0.392. The van der Waals surface area contributed by atoms with Gasteiger partial charge in [-0.05, 0) is 50.1 Å². The van der Waals surface area contributed by atoms with Gasteiger partial charge in [-0.25, -0.2) is 9.37 Å². The van der Waals surface area contributed by atoms with Crippen LogP contribution < -0.4 is 9.64 Å². The first-order valence-electron chi connectivity index (χ1n) is 9.99. The second kappa shape index (κ2) is 8.47. The van der Waals surface area contributed by atoms with Gasteiger partial charge in [0.25, 0.3) is 5.91 Å². The SMILES string of the molecule is COc1cccc(CN2CCCC3(CC2)CN(c2cccc(F)c2)C(=O)CO3)n1. The van der Waals surface area contributed by atoms with Crippen LogP contribution in [0.4, 0.5) is 10.1 Å². The number of rotatable bonds is 4. The van der Waals surface area contributed by atoms with Crippen molar-refractivity contribution in [3.05, 3.63) is 54.0 Å². The van der Waals surface area contributed by atoms with E-state index in [-0.39, 0.29) is 18.3 Å². The third-order valence-electron chi connectivity index (χ3n) is 5.74. The quantitative estimate of drug-likeness (QED) is 0.791. The smallest absolute Gasteiger partial charge is 0.253 e. The van der Waals surface area contributed by atoms with Crippen LogP contribution in [0, 0.1) is 5.82 Å². The highest BCUT2D eigenvalue weighted by Crippen LogP contribution is 2.33. The molecule has 1 spiro atoms. The Morgan fingerprint density at radius 1 is 1.21 bits per heavy atom. The van der Waals surface area contributed by atoms with Gasteiger partial charge in [-0.3, -0.25) is 9.69 Å². The molecule has 1 amide bonds. The Bertz CT molecular complexity index is 878. The molecule has 2 saturated heterocycles. The first kappa shape index (κ1) is 19.8. The molecule has 0 radical (unpaired) electrons. The Kier molecular flexibility index (Phi) is 5.78. The van der Waals surface area contributed by atoms with Crippen molar-refractivity contribution in [3.63, 3.8) is 0 Å². The highest BCUT2D eigenvalue weighted by molar-refractivity contribution is 5.95. The first-order chi connectivity index (χ1) is 14.1. The lowest BCUT2D eigenvalue weighted by Gasteiger charge is -2.42. The lowest BCUT2D eigenvalue weighted by Crippen LogP contribution is -2.55. The molecule has 2 aromatic rings. The van der Waals surface area contributed by atoms with E-state index in [0.29, 0.717) is 18.1 Å². The van der Waals surface area contributed by atoms with Gasteiger partial charge >= 0.3 is 0 Å². The second-order valence-electron chi connectivity index (χ2n) is 7.73. The molecule has 154 valence electrons. The predicted octanol–water partition coefficient (Wildman–Crippen LogP) is 3.02. The number of ether oxygens (including phenoxy) is 2. The molecule has 0 aliphatic carbocycles. The largest absolute Gasteiger partial charge is 0.481 e. The number of carbonyl (C=O) groups is 1. The van der Waals surface area contributed by atoms with Gasteiger partial charge in [-0.2, -0.15) is 0 Å². The Hall–Kier alpha value is -2.51. The van der Waals surface area contributed by atoms with Crippen LogP contribution in [-0.4, -0.2) is 54.7 Å². The van der Waals surface area contributed by atoms with Crippen molar-refractivity contribution in [1.82, 2.24) is 9.88 Å². The number of hydrogen-bond acceptors (Lipinski definition) is 5. The molecule has 1 aromatic carbocycles. The number of carbonyl (C=O) groups excluding carboxylic acids is 1. The Morgan fingerprint density at radius 2 is 2.07 bits per heavy atom. The molecule has 1 atom stereocenters. The topological polar surface area (TPSA) is 54.9 Å². The monoisotopic (exact) mass is 399 g/mol. The molecule has 0 N–H and O–H groups in total. The number of morpholine rings is 1. The van der Waals surface area contributed by atoms with E-state index in [2.05, 4.69) is 9.88 Å². The summed E-state index contributed by atoms with van der Waals surface area (Å²) in [6.07, 6.45) is 2.65. The van der Waals surface area contributed by atoms with E-state index >= 15 is 0 Å². The Labute approximate surface area is 170 Å². The zero-order chi connectivity index (χ0) is 20.3. The fourth-order valence-electron chi connectivity index (χ4n) is 4.17.